The van der Waals surface area contributed by atoms with Crippen LogP contribution in [0.15, 0.2) is 46.9 Å². The summed E-state index contributed by atoms with van der Waals surface area (Å²) in [4.78, 5) is 10.4. The lowest BCUT2D eigenvalue weighted by atomic mass is 10.2. The molecule has 0 radical (unpaired) electrons. The number of nitrogens with zero attached hydrogens (tertiary/aromatic N) is 2. The van der Waals surface area contributed by atoms with Gasteiger partial charge in [0.25, 0.3) is 5.69 Å². The first-order valence-corrected chi connectivity index (χ1v) is 6.46. The standard InChI is InChI=1S/C14H9BrN2O3/c15-14-11(2-1-3-13(14)17(18)19)9-20-12-6-4-10(8-16)5-7-12/h1-7H,9H2. The summed E-state index contributed by atoms with van der Waals surface area (Å²) in [5.41, 5.74) is 1.24. The number of nitro groups is 1. The van der Waals surface area contributed by atoms with E-state index in [0.29, 0.717) is 21.3 Å². The quantitative estimate of drug-likeness (QED) is 0.630. The predicted molar refractivity (Wildman–Crippen MR) is 76.3 cm³/mol. The number of nitro benzene ring substituents is 1. The molecule has 0 atom stereocenters. The third-order valence-corrected chi connectivity index (χ3v) is 3.55. The zero-order valence-corrected chi connectivity index (χ0v) is 11.8. The van der Waals surface area contributed by atoms with Crippen LogP contribution in [0.2, 0.25) is 0 Å². The van der Waals surface area contributed by atoms with Crippen molar-refractivity contribution in [2.75, 3.05) is 0 Å². The average molecular weight is 333 g/mol. The number of hydrogen-bond acceptors (Lipinski definition) is 4. The molecule has 5 nitrogen and oxygen atoms in total. The molecule has 0 bridgehead atoms. The molecular formula is C14H9BrN2O3. The van der Waals surface area contributed by atoms with E-state index in [0.717, 1.165) is 0 Å². The third kappa shape index (κ3) is 3.13. The van der Waals surface area contributed by atoms with Crippen molar-refractivity contribution < 1.29 is 9.66 Å². The first kappa shape index (κ1) is 14.0. The summed E-state index contributed by atoms with van der Waals surface area (Å²) >= 11 is 3.21. The van der Waals surface area contributed by atoms with Crippen LogP contribution in [-0.2, 0) is 6.61 Å². The second-order valence-electron chi connectivity index (χ2n) is 3.93. The fraction of sp³-hybridized carbons (Fsp3) is 0.0714. The monoisotopic (exact) mass is 332 g/mol. The molecule has 2 rings (SSSR count). The summed E-state index contributed by atoms with van der Waals surface area (Å²) < 4.78 is 5.96. The maximum absolute atomic E-state index is 10.8. The molecule has 2 aromatic rings. The van der Waals surface area contributed by atoms with Crippen LogP contribution in [0.4, 0.5) is 5.69 Å². The molecule has 6 heteroatoms. The van der Waals surface area contributed by atoms with Crippen molar-refractivity contribution in [3.8, 4) is 11.8 Å². The van der Waals surface area contributed by atoms with E-state index in [1.54, 1.807) is 36.4 Å². The summed E-state index contributed by atoms with van der Waals surface area (Å²) in [7, 11) is 0. The van der Waals surface area contributed by atoms with Crippen molar-refractivity contribution in [3.05, 3.63) is 68.2 Å². The normalized spacial score (nSPS) is 9.80. The number of benzene rings is 2. The molecule has 0 amide bonds. The fourth-order valence-electron chi connectivity index (χ4n) is 1.61. The lowest BCUT2D eigenvalue weighted by Gasteiger charge is -2.08. The van der Waals surface area contributed by atoms with Crippen molar-refractivity contribution in [1.29, 1.82) is 5.26 Å². The van der Waals surface area contributed by atoms with Crippen LogP contribution in [0.1, 0.15) is 11.1 Å². The Balaban J connectivity index is 2.13. The Kier molecular flexibility index (Phi) is 4.33. The molecule has 2 aromatic carbocycles. The Bertz CT molecular complexity index is 678. The van der Waals surface area contributed by atoms with E-state index in [-0.39, 0.29) is 12.3 Å². The number of nitriles is 1. The van der Waals surface area contributed by atoms with Gasteiger partial charge in [0.05, 0.1) is 16.6 Å². The van der Waals surface area contributed by atoms with Gasteiger partial charge in [-0.3, -0.25) is 10.1 Å². The van der Waals surface area contributed by atoms with Crippen LogP contribution in [0.5, 0.6) is 5.75 Å². The smallest absolute Gasteiger partial charge is 0.283 e. The molecule has 0 saturated heterocycles. The van der Waals surface area contributed by atoms with Crippen LogP contribution in [-0.4, -0.2) is 4.92 Å². The molecule has 0 aliphatic carbocycles. The van der Waals surface area contributed by atoms with Crippen molar-refractivity contribution >= 4 is 21.6 Å². The Morgan fingerprint density at radius 1 is 1.25 bits per heavy atom. The fourth-order valence-corrected chi connectivity index (χ4v) is 2.13. The molecule has 0 spiro atoms. The van der Waals surface area contributed by atoms with Crippen LogP contribution in [0, 0.1) is 21.4 Å². The molecule has 100 valence electrons. The van der Waals surface area contributed by atoms with Crippen molar-refractivity contribution in [1.82, 2.24) is 0 Å². The van der Waals surface area contributed by atoms with Gasteiger partial charge in [-0.15, -0.1) is 0 Å². The zero-order valence-electron chi connectivity index (χ0n) is 10.2. The minimum atomic E-state index is -0.449. The van der Waals surface area contributed by atoms with E-state index < -0.39 is 4.92 Å². The number of rotatable bonds is 4. The van der Waals surface area contributed by atoms with Gasteiger partial charge in [-0.2, -0.15) is 5.26 Å². The summed E-state index contributed by atoms with van der Waals surface area (Å²) in [6.45, 7) is 0.203. The molecule has 0 saturated carbocycles. The molecule has 20 heavy (non-hydrogen) atoms. The van der Waals surface area contributed by atoms with E-state index in [1.807, 2.05) is 6.07 Å². The molecule has 0 aliphatic rings. The highest BCUT2D eigenvalue weighted by Crippen LogP contribution is 2.29. The van der Waals surface area contributed by atoms with Crippen LogP contribution in [0.3, 0.4) is 0 Å². The van der Waals surface area contributed by atoms with Gasteiger partial charge >= 0.3 is 0 Å². The van der Waals surface area contributed by atoms with Crippen molar-refractivity contribution in [2.24, 2.45) is 0 Å². The largest absolute Gasteiger partial charge is 0.489 e. The third-order valence-electron chi connectivity index (χ3n) is 2.63. The average Bonchev–Trinajstić information content (AvgIpc) is 2.46. The lowest BCUT2D eigenvalue weighted by molar-refractivity contribution is -0.385. The van der Waals surface area contributed by atoms with Crippen LogP contribution in [0.25, 0.3) is 0 Å². The Labute approximate surface area is 123 Å². The second kappa shape index (κ2) is 6.17. The summed E-state index contributed by atoms with van der Waals surface area (Å²) in [5, 5.41) is 19.5. The molecule has 0 aliphatic heterocycles. The highest BCUT2D eigenvalue weighted by molar-refractivity contribution is 9.10. The lowest BCUT2D eigenvalue weighted by Crippen LogP contribution is -1.99. The van der Waals surface area contributed by atoms with Crippen LogP contribution >= 0.6 is 15.9 Å². The summed E-state index contributed by atoms with van der Waals surface area (Å²) in [6, 6.07) is 13.5. The van der Waals surface area contributed by atoms with Gasteiger partial charge in [0, 0.05) is 11.6 Å². The Morgan fingerprint density at radius 2 is 1.95 bits per heavy atom. The maximum atomic E-state index is 10.8. The van der Waals surface area contributed by atoms with Gasteiger partial charge in [0.15, 0.2) is 0 Å². The summed E-state index contributed by atoms with van der Waals surface area (Å²) in [6.07, 6.45) is 0. The van der Waals surface area contributed by atoms with E-state index in [4.69, 9.17) is 10.00 Å². The maximum Gasteiger partial charge on any atom is 0.283 e. The first-order chi connectivity index (χ1) is 9.61. The van der Waals surface area contributed by atoms with Gasteiger partial charge in [-0.1, -0.05) is 12.1 Å². The summed E-state index contributed by atoms with van der Waals surface area (Å²) in [5.74, 6) is 0.599. The van der Waals surface area contributed by atoms with Gasteiger partial charge in [0.1, 0.15) is 16.8 Å². The highest BCUT2D eigenvalue weighted by Gasteiger charge is 2.14. The molecular weight excluding hydrogens is 324 g/mol. The number of halogens is 1. The van der Waals surface area contributed by atoms with E-state index in [2.05, 4.69) is 15.9 Å². The van der Waals surface area contributed by atoms with Gasteiger partial charge in [-0.25, -0.2) is 0 Å². The zero-order chi connectivity index (χ0) is 14.5. The van der Waals surface area contributed by atoms with E-state index >= 15 is 0 Å². The first-order valence-electron chi connectivity index (χ1n) is 5.66. The minimum Gasteiger partial charge on any atom is -0.489 e. The molecule has 0 heterocycles. The van der Waals surface area contributed by atoms with Gasteiger partial charge < -0.3 is 4.74 Å². The van der Waals surface area contributed by atoms with Crippen LogP contribution < -0.4 is 4.74 Å². The van der Waals surface area contributed by atoms with Crippen molar-refractivity contribution in [3.63, 3.8) is 0 Å². The topological polar surface area (TPSA) is 76.2 Å². The Hall–Kier alpha value is -2.39. The number of ether oxygens (including phenoxy) is 1. The highest BCUT2D eigenvalue weighted by atomic mass is 79.9. The predicted octanol–water partition coefficient (Wildman–Crippen LogP) is 3.81. The van der Waals surface area contributed by atoms with Crippen molar-refractivity contribution in [2.45, 2.75) is 6.61 Å². The SMILES string of the molecule is N#Cc1ccc(OCc2cccc([N+](=O)[O-])c2Br)cc1. The van der Waals surface area contributed by atoms with E-state index in [1.165, 1.54) is 6.07 Å². The second-order valence-corrected chi connectivity index (χ2v) is 4.73. The van der Waals surface area contributed by atoms with Gasteiger partial charge in [0.2, 0.25) is 0 Å². The molecule has 0 fully saturated rings. The Morgan fingerprint density at radius 3 is 2.55 bits per heavy atom. The molecule has 0 N–H and O–H groups in total. The molecule has 0 aromatic heterocycles. The van der Waals surface area contributed by atoms with Gasteiger partial charge in [-0.05, 0) is 40.2 Å². The minimum absolute atomic E-state index is 0.00549. The number of hydrogen-bond donors (Lipinski definition) is 0. The van der Waals surface area contributed by atoms with E-state index in [9.17, 15) is 10.1 Å². The molecule has 0 unspecified atom stereocenters.